The number of rotatable bonds is 7. The van der Waals surface area contributed by atoms with Crippen LogP contribution in [0, 0.1) is 0 Å². The summed E-state index contributed by atoms with van der Waals surface area (Å²) in [6.45, 7) is 0. The molecular weight excluding hydrogens is 290 g/mol. The summed E-state index contributed by atoms with van der Waals surface area (Å²) >= 11 is 1.36. The van der Waals surface area contributed by atoms with E-state index in [0.717, 1.165) is 0 Å². The molecule has 21 heavy (non-hydrogen) atoms. The molecule has 6 nitrogen and oxygen atoms in total. The Kier molecular flexibility index (Phi) is 5.51. The lowest BCUT2D eigenvalue weighted by atomic mass is 10.2. The number of unbranched alkanes of at least 4 members (excludes halogenated alkanes) is 1. The Bertz CT molecular complexity index is 592. The Labute approximate surface area is 126 Å². The van der Waals surface area contributed by atoms with Crippen LogP contribution in [0.15, 0.2) is 28.2 Å². The zero-order chi connectivity index (χ0) is 15.1. The number of carbonyl (C=O) groups is 2. The van der Waals surface area contributed by atoms with Crippen LogP contribution in [0.25, 0.3) is 11.5 Å². The maximum Gasteiger partial charge on any atom is 0.226 e. The fraction of sp³-hybridized carbons (Fsp3) is 0.357. The summed E-state index contributed by atoms with van der Waals surface area (Å²) in [6.07, 6.45) is 3.79. The smallest absolute Gasteiger partial charge is 0.226 e. The molecule has 2 heterocycles. The number of furan rings is 1. The minimum absolute atomic E-state index is 0.00146. The predicted octanol–water partition coefficient (Wildman–Crippen LogP) is 2.65. The average Bonchev–Trinajstić information content (AvgIpc) is 3.13. The average molecular weight is 307 g/mol. The fourth-order valence-corrected chi connectivity index (χ4v) is 2.46. The first kappa shape index (κ1) is 15.2. The van der Waals surface area contributed by atoms with Crippen molar-refractivity contribution in [2.24, 2.45) is 0 Å². The molecule has 0 atom stereocenters. The van der Waals surface area contributed by atoms with E-state index in [-0.39, 0.29) is 11.8 Å². The molecule has 2 N–H and O–H groups in total. The molecule has 0 saturated carbocycles. The number of carbonyl (C=O) groups excluding carboxylic acids is 2. The van der Waals surface area contributed by atoms with E-state index in [0.29, 0.717) is 42.3 Å². The fourth-order valence-electron chi connectivity index (χ4n) is 1.75. The van der Waals surface area contributed by atoms with Gasteiger partial charge in [-0.1, -0.05) is 0 Å². The van der Waals surface area contributed by atoms with Crippen molar-refractivity contribution in [3.8, 4) is 11.5 Å². The van der Waals surface area contributed by atoms with E-state index in [2.05, 4.69) is 15.6 Å². The molecule has 0 aliphatic heterocycles. The molecule has 2 rings (SSSR count). The molecule has 0 aliphatic rings. The Morgan fingerprint density at radius 1 is 1.29 bits per heavy atom. The molecule has 2 amide bonds. The summed E-state index contributed by atoms with van der Waals surface area (Å²) in [4.78, 5) is 27.1. The molecular formula is C14H17N3O3S. The van der Waals surface area contributed by atoms with E-state index in [1.807, 2.05) is 11.4 Å². The van der Waals surface area contributed by atoms with Crippen LogP contribution in [0.5, 0.6) is 0 Å². The largest absolute Gasteiger partial charge is 0.463 e. The van der Waals surface area contributed by atoms with E-state index in [1.54, 1.807) is 19.4 Å². The molecule has 0 radical (unpaired) electrons. The molecule has 2 aromatic heterocycles. The van der Waals surface area contributed by atoms with Gasteiger partial charge < -0.3 is 15.1 Å². The zero-order valence-electron chi connectivity index (χ0n) is 11.7. The quantitative estimate of drug-likeness (QED) is 0.770. The third-order valence-electron chi connectivity index (χ3n) is 2.86. The van der Waals surface area contributed by atoms with Gasteiger partial charge in [-0.25, -0.2) is 4.98 Å². The third kappa shape index (κ3) is 4.71. The predicted molar refractivity (Wildman–Crippen MR) is 81.0 cm³/mol. The van der Waals surface area contributed by atoms with Crippen LogP contribution in [-0.2, 0) is 9.59 Å². The highest BCUT2D eigenvalue weighted by molar-refractivity contribution is 7.14. The van der Waals surface area contributed by atoms with E-state index in [9.17, 15) is 9.59 Å². The standard InChI is InChI=1S/C14H17N3O3S/c1-15-12(18)6-2-3-7-13(19)17-14-16-10(9-21-14)11-5-4-8-20-11/h4-5,8-9H,2-3,6-7H2,1H3,(H,15,18)(H,16,17,19). The van der Waals surface area contributed by atoms with Crippen molar-refractivity contribution in [3.63, 3.8) is 0 Å². The van der Waals surface area contributed by atoms with E-state index in [4.69, 9.17) is 4.42 Å². The van der Waals surface area contributed by atoms with Crippen molar-refractivity contribution in [3.05, 3.63) is 23.8 Å². The van der Waals surface area contributed by atoms with Crippen molar-refractivity contribution >= 4 is 28.3 Å². The first-order valence-corrected chi connectivity index (χ1v) is 7.57. The molecule has 112 valence electrons. The summed E-state index contributed by atoms with van der Waals surface area (Å²) in [5, 5.41) is 7.69. The van der Waals surface area contributed by atoms with Gasteiger partial charge in [-0.05, 0) is 25.0 Å². The van der Waals surface area contributed by atoms with Gasteiger partial charge in [0.2, 0.25) is 11.8 Å². The van der Waals surface area contributed by atoms with E-state index < -0.39 is 0 Å². The molecule has 0 aromatic carbocycles. The maximum atomic E-state index is 11.8. The normalized spacial score (nSPS) is 10.3. The van der Waals surface area contributed by atoms with E-state index in [1.165, 1.54) is 11.3 Å². The Morgan fingerprint density at radius 3 is 2.71 bits per heavy atom. The molecule has 7 heteroatoms. The number of aromatic nitrogens is 1. The SMILES string of the molecule is CNC(=O)CCCCC(=O)Nc1nc(-c2ccco2)cs1. The number of hydrogen-bond donors (Lipinski definition) is 2. The number of nitrogens with zero attached hydrogens (tertiary/aromatic N) is 1. The number of amides is 2. The van der Waals surface area contributed by atoms with Crippen molar-refractivity contribution in [2.45, 2.75) is 25.7 Å². The number of anilines is 1. The second-order valence-corrected chi connectivity index (χ2v) is 5.30. The van der Waals surface area contributed by atoms with Crippen LogP contribution >= 0.6 is 11.3 Å². The van der Waals surface area contributed by atoms with Gasteiger partial charge in [-0.15, -0.1) is 11.3 Å². The minimum atomic E-state index is -0.0905. The lowest BCUT2D eigenvalue weighted by Gasteiger charge is -2.01. The third-order valence-corrected chi connectivity index (χ3v) is 3.62. The molecule has 0 unspecified atom stereocenters. The highest BCUT2D eigenvalue weighted by atomic mass is 32.1. The summed E-state index contributed by atoms with van der Waals surface area (Å²) in [6, 6.07) is 3.61. The number of nitrogens with one attached hydrogen (secondary N) is 2. The van der Waals surface area contributed by atoms with Crippen molar-refractivity contribution < 1.29 is 14.0 Å². The van der Waals surface area contributed by atoms with Crippen LogP contribution in [-0.4, -0.2) is 23.8 Å². The summed E-state index contributed by atoms with van der Waals surface area (Å²) in [7, 11) is 1.61. The topological polar surface area (TPSA) is 84.2 Å². The Morgan fingerprint density at radius 2 is 2.05 bits per heavy atom. The maximum absolute atomic E-state index is 11.8. The van der Waals surface area contributed by atoms with Crippen LogP contribution in [0.2, 0.25) is 0 Å². The lowest BCUT2D eigenvalue weighted by Crippen LogP contribution is -2.17. The van der Waals surface area contributed by atoms with Crippen LogP contribution in [0.1, 0.15) is 25.7 Å². The zero-order valence-corrected chi connectivity index (χ0v) is 12.5. The van der Waals surface area contributed by atoms with Crippen LogP contribution in [0.3, 0.4) is 0 Å². The van der Waals surface area contributed by atoms with Gasteiger partial charge in [0, 0.05) is 25.3 Å². The summed E-state index contributed by atoms with van der Waals surface area (Å²) in [5.41, 5.74) is 0.708. The van der Waals surface area contributed by atoms with Gasteiger partial charge in [0.1, 0.15) is 5.69 Å². The monoisotopic (exact) mass is 307 g/mol. The van der Waals surface area contributed by atoms with Gasteiger partial charge in [0.25, 0.3) is 0 Å². The van der Waals surface area contributed by atoms with Crippen LogP contribution in [0.4, 0.5) is 5.13 Å². The molecule has 0 spiro atoms. The first-order valence-electron chi connectivity index (χ1n) is 6.69. The number of hydrogen-bond acceptors (Lipinski definition) is 5. The highest BCUT2D eigenvalue weighted by Crippen LogP contribution is 2.25. The van der Waals surface area contributed by atoms with Crippen LogP contribution < -0.4 is 10.6 Å². The molecule has 2 aromatic rings. The molecule has 0 fully saturated rings. The summed E-state index contributed by atoms with van der Waals surface area (Å²) in [5.74, 6) is 0.586. The van der Waals surface area contributed by atoms with Crippen molar-refractivity contribution in [2.75, 3.05) is 12.4 Å². The molecule has 0 aliphatic carbocycles. The second kappa shape index (κ2) is 7.58. The molecule has 0 saturated heterocycles. The lowest BCUT2D eigenvalue weighted by molar-refractivity contribution is -0.121. The van der Waals surface area contributed by atoms with Crippen molar-refractivity contribution in [1.82, 2.24) is 10.3 Å². The number of thiazole rings is 1. The minimum Gasteiger partial charge on any atom is -0.463 e. The molecule has 0 bridgehead atoms. The second-order valence-electron chi connectivity index (χ2n) is 4.44. The van der Waals surface area contributed by atoms with Crippen molar-refractivity contribution in [1.29, 1.82) is 0 Å². The first-order chi connectivity index (χ1) is 10.2. The highest BCUT2D eigenvalue weighted by Gasteiger charge is 2.09. The van der Waals surface area contributed by atoms with Gasteiger partial charge in [0.15, 0.2) is 10.9 Å². The van der Waals surface area contributed by atoms with Gasteiger partial charge >= 0.3 is 0 Å². The van der Waals surface area contributed by atoms with Gasteiger partial charge in [0.05, 0.1) is 6.26 Å². The Hall–Kier alpha value is -2.15. The van der Waals surface area contributed by atoms with Gasteiger partial charge in [-0.2, -0.15) is 0 Å². The van der Waals surface area contributed by atoms with Gasteiger partial charge in [-0.3, -0.25) is 9.59 Å². The summed E-state index contributed by atoms with van der Waals surface area (Å²) < 4.78 is 5.24. The Balaban J connectivity index is 1.74. The van der Waals surface area contributed by atoms with E-state index >= 15 is 0 Å².